The van der Waals surface area contributed by atoms with Gasteiger partial charge in [-0.2, -0.15) is 0 Å². The molecular weight excluding hydrogens is 355 g/mol. The number of hydrogen-bond acceptors (Lipinski definition) is 3. The molecule has 0 aromatic heterocycles. The maximum absolute atomic E-state index is 11.3. The SMILES string of the molecule is N=IC1(C(=O)O)CC1c1ccc2c(N)cccc2c1. The zero-order valence-electron chi connectivity index (χ0n) is 10.1. The van der Waals surface area contributed by atoms with Crippen molar-refractivity contribution in [3.8, 4) is 0 Å². The van der Waals surface area contributed by atoms with Crippen molar-refractivity contribution in [3.05, 3.63) is 42.0 Å². The molecule has 3 rings (SSSR count). The van der Waals surface area contributed by atoms with Crippen LogP contribution < -0.4 is 5.73 Å². The highest BCUT2D eigenvalue weighted by Crippen LogP contribution is 2.60. The number of anilines is 1. The fraction of sp³-hybridized carbons (Fsp3) is 0.214. The molecule has 4 N–H and O–H groups in total. The Bertz CT molecular complexity index is 701. The molecule has 0 spiro atoms. The van der Waals surface area contributed by atoms with E-state index in [4.69, 9.17) is 9.30 Å². The van der Waals surface area contributed by atoms with Gasteiger partial charge in [0.1, 0.15) is 3.42 Å². The predicted octanol–water partition coefficient (Wildman–Crippen LogP) is 3.47. The molecule has 1 aliphatic rings. The molecule has 1 aliphatic carbocycles. The Hall–Kier alpha value is -1.50. The fourth-order valence-corrected chi connectivity index (χ4v) is 4.17. The number of nitrogens with one attached hydrogen (secondary N) is 1. The summed E-state index contributed by atoms with van der Waals surface area (Å²) >= 11 is -1.06. The Morgan fingerprint density at radius 2 is 2.21 bits per heavy atom. The maximum Gasteiger partial charge on any atom is 0.321 e. The van der Waals surface area contributed by atoms with Crippen molar-refractivity contribution in [2.24, 2.45) is 0 Å². The van der Waals surface area contributed by atoms with E-state index in [9.17, 15) is 9.90 Å². The highest BCUT2D eigenvalue weighted by molar-refractivity contribution is 14.2. The number of nitrogen functional groups attached to an aromatic ring is 1. The lowest BCUT2D eigenvalue weighted by atomic mass is 10.0. The number of rotatable bonds is 3. The fourth-order valence-electron chi connectivity index (χ4n) is 2.55. The van der Waals surface area contributed by atoms with Crippen LogP contribution in [0.25, 0.3) is 10.8 Å². The number of carbonyl (C=O) groups is 1. The van der Waals surface area contributed by atoms with Gasteiger partial charge in [-0.25, -0.2) is 0 Å². The van der Waals surface area contributed by atoms with Crippen LogP contribution in [0.1, 0.15) is 17.9 Å². The van der Waals surface area contributed by atoms with E-state index >= 15 is 0 Å². The lowest BCUT2D eigenvalue weighted by Gasteiger charge is -2.07. The number of benzene rings is 2. The molecule has 1 saturated carbocycles. The van der Waals surface area contributed by atoms with Crippen molar-refractivity contribution < 1.29 is 9.90 Å². The molecule has 5 heteroatoms. The van der Waals surface area contributed by atoms with Crippen molar-refractivity contribution in [1.82, 2.24) is 0 Å². The molecule has 2 atom stereocenters. The molecule has 0 radical (unpaired) electrons. The third-order valence-corrected chi connectivity index (χ3v) is 6.37. The van der Waals surface area contributed by atoms with Gasteiger partial charge in [0.2, 0.25) is 0 Å². The molecule has 1 fully saturated rings. The van der Waals surface area contributed by atoms with Gasteiger partial charge in [-0.15, -0.1) is 0 Å². The number of carboxylic acid groups (broad SMARTS) is 1. The van der Waals surface area contributed by atoms with E-state index in [1.54, 1.807) is 0 Å². The summed E-state index contributed by atoms with van der Waals surface area (Å²) in [5.74, 6) is -0.811. The van der Waals surface area contributed by atoms with Gasteiger partial charge >= 0.3 is 5.97 Å². The van der Waals surface area contributed by atoms with E-state index in [0.717, 1.165) is 22.0 Å². The average Bonchev–Trinajstić information content (AvgIpc) is 3.15. The van der Waals surface area contributed by atoms with Gasteiger partial charge in [0.25, 0.3) is 0 Å². The third kappa shape index (κ3) is 1.83. The van der Waals surface area contributed by atoms with E-state index in [-0.39, 0.29) is 5.92 Å². The first-order valence-corrected chi connectivity index (χ1v) is 8.07. The largest absolute Gasteiger partial charge is 0.480 e. The number of alkyl halides is 1. The lowest BCUT2D eigenvalue weighted by molar-refractivity contribution is -0.136. The van der Waals surface area contributed by atoms with Crippen molar-refractivity contribution in [2.75, 3.05) is 5.73 Å². The summed E-state index contributed by atoms with van der Waals surface area (Å²) < 4.78 is 6.81. The molecule has 0 bridgehead atoms. The monoisotopic (exact) mass is 368 g/mol. The van der Waals surface area contributed by atoms with Crippen LogP contribution in [0.2, 0.25) is 0 Å². The Balaban J connectivity index is 2.05. The highest BCUT2D eigenvalue weighted by Gasteiger charge is 2.61. The standard InChI is InChI=1S/C14H13IN2O2/c16-12-3-1-2-8-6-9(4-5-10(8)12)11-7-14(11,15-17)13(18)19/h1-6,11,17H,7,16H2,(H,18,19). The van der Waals surface area contributed by atoms with Gasteiger partial charge in [0, 0.05) is 38.0 Å². The first kappa shape index (κ1) is 12.5. The second-order valence-electron chi connectivity index (χ2n) is 4.85. The molecule has 0 amide bonds. The van der Waals surface area contributed by atoms with E-state index in [1.165, 1.54) is 0 Å². The minimum Gasteiger partial charge on any atom is -0.480 e. The molecule has 19 heavy (non-hydrogen) atoms. The van der Waals surface area contributed by atoms with Gasteiger partial charge in [-0.05, 0) is 23.4 Å². The Labute approximate surface area is 120 Å². The quantitative estimate of drug-likeness (QED) is 0.441. The number of fused-ring (bicyclic) bond motifs is 1. The van der Waals surface area contributed by atoms with Crippen molar-refractivity contribution >= 4 is 43.5 Å². The van der Waals surface area contributed by atoms with Crippen LogP contribution in [0, 0.1) is 3.56 Å². The topological polar surface area (TPSA) is 87.2 Å². The van der Waals surface area contributed by atoms with E-state index < -0.39 is 30.4 Å². The second-order valence-corrected chi connectivity index (χ2v) is 7.31. The molecule has 4 nitrogen and oxygen atoms in total. The zero-order valence-corrected chi connectivity index (χ0v) is 12.2. The summed E-state index contributed by atoms with van der Waals surface area (Å²) in [7, 11) is 0. The summed E-state index contributed by atoms with van der Waals surface area (Å²) in [4.78, 5) is 11.3. The Kier molecular flexibility index (Phi) is 2.81. The van der Waals surface area contributed by atoms with Gasteiger partial charge in [-0.1, -0.05) is 30.3 Å². The number of aliphatic carboxylic acids is 1. The second kappa shape index (κ2) is 4.26. The maximum atomic E-state index is 11.3. The Morgan fingerprint density at radius 1 is 1.42 bits per heavy atom. The zero-order chi connectivity index (χ0) is 13.6. The average molecular weight is 368 g/mol. The van der Waals surface area contributed by atoms with Crippen molar-refractivity contribution in [3.63, 3.8) is 0 Å². The lowest BCUT2D eigenvalue weighted by Crippen LogP contribution is -2.16. The number of carboxylic acids is 1. The third-order valence-electron chi connectivity index (χ3n) is 3.76. The first-order valence-electron chi connectivity index (χ1n) is 5.92. The summed E-state index contributed by atoms with van der Waals surface area (Å²) in [6.45, 7) is 0. The summed E-state index contributed by atoms with van der Waals surface area (Å²) in [5.41, 5.74) is 7.66. The minimum absolute atomic E-state index is 0.00105. The minimum atomic E-state index is -1.06. The number of nitrogens with two attached hydrogens (primary N) is 1. The van der Waals surface area contributed by atoms with Crippen molar-refractivity contribution in [1.29, 1.82) is 3.56 Å². The molecule has 98 valence electrons. The summed E-state index contributed by atoms with van der Waals surface area (Å²) in [5, 5.41) is 11.3. The van der Waals surface area contributed by atoms with Crippen LogP contribution in [0.4, 0.5) is 5.69 Å². The molecule has 2 aromatic carbocycles. The normalized spacial score (nSPS) is 25.4. The molecule has 2 unspecified atom stereocenters. The van der Waals surface area contributed by atoms with E-state index in [1.807, 2.05) is 36.4 Å². The van der Waals surface area contributed by atoms with Gasteiger partial charge in [0.05, 0.1) is 0 Å². The van der Waals surface area contributed by atoms with Crippen LogP contribution in [-0.4, -0.2) is 14.5 Å². The first-order chi connectivity index (χ1) is 9.08. The highest BCUT2D eigenvalue weighted by atomic mass is 127. The smallest absolute Gasteiger partial charge is 0.321 e. The van der Waals surface area contributed by atoms with Crippen LogP contribution in [-0.2, 0) is 4.79 Å². The van der Waals surface area contributed by atoms with Crippen LogP contribution in [0.3, 0.4) is 0 Å². The van der Waals surface area contributed by atoms with Gasteiger partial charge in [0.15, 0.2) is 0 Å². The van der Waals surface area contributed by atoms with Crippen molar-refractivity contribution in [2.45, 2.75) is 15.8 Å². The molecule has 0 aliphatic heterocycles. The molecule has 0 heterocycles. The number of halogens is 1. The van der Waals surface area contributed by atoms with E-state index in [0.29, 0.717) is 6.42 Å². The predicted molar refractivity (Wildman–Crippen MR) is 82.8 cm³/mol. The molecule has 2 aromatic rings. The Morgan fingerprint density at radius 3 is 2.84 bits per heavy atom. The number of hydrogen-bond donors (Lipinski definition) is 3. The van der Waals surface area contributed by atoms with Gasteiger partial charge in [-0.3, -0.25) is 8.36 Å². The van der Waals surface area contributed by atoms with Crippen LogP contribution in [0.5, 0.6) is 0 Å². The summed E-state index contributed by atoms with van der Waals surface area (Å²) in [6.07, 6.45) is 0.604. The molecule has 0 saturated heterocycles. The van der Waals surface area contributed by atoms with E-state index in [2.05, 4.69) is 0 Å². The summed E-state index contributed by atoms with van der Waals surface area (Å²) in [6, 6.07) is 11.7. The van der Waals surface area contributed by atoms with Crippen LogP contribution in [0.15, 0.2) is 36.4 Å². The van der Waals surface area contributed by atoms with Crippen LogP contribution >= 0.6 is 21.0 Å². The van der Waals surface area contributed by atoms with Gasteiger partial charge < -0.3 is 10.8 Å². The molecular formula is C14H13IN2O2.